The first-order valence-electron chi connectivity index (χ1n) is 21.4. The van der Waals surface area contributed by atoms with E-state index < -0.39 is 104 Å². The predicted octanol–water partition coefficient (Wildman–Crippen LogP) is -6.37. The van der Waals surface area contributed by atoms with Crippen molar-refractivity contribution >= 4 is 23.6 Å². The molecule has 2 aliphatic rings. The molecule has 4 amide bonds. The summed E-state index contributed by atoms with van der Waals surface area (Å²) in [5.74, 6) is -1.86. The number of nitrogens with one attached hydrogen (secondary N) is 4. The Hall–Kier alpha value is -2.76. The standard InChI is InChI=1S/C39H74N6O18/c1-25(48)42-34-28(62-30(23-46)36(53)38(34)55)5-11-57-15-9-44(27(3)50)22-33(52)45(21-32(51)41-8-14-60-18-20-61-19-17-59-13-7-40-4)10-16-58-12-6-29-35(43-26(2)49)39(56)37(54)31(24-47)63-29/h28-32,34-41,46-47,51,53-56H,5-24H2,1-4H3,(H,42,48)(H,43,49)/t28?,29?,30?,31?,32-,34-,35-,36?,37-,38+,39?/m0/s1. The van der Waals surface area contributed by atoms with E-state index in [1.165, 1.54) is 30.6 Å². The first kappa shape index (κ1) is 56.4. The Kier molecular flexibility index (Phi) is 28.6. The van der Waals surface area contributed by atoms with E-state index in [1.807, 2.05) is 7.05 Å². The monoisotopic (exact) mass is 915 g/mol. The molecule has 2 saturated heterocycles. The molecule has 2 heterocycles. The van der Waals surface area contributed by atoms with Gasteiger partial charge in [-0.15, -0.1) is 0 Å². The summed E-state index contributed by atoms with van der Waals surface area (Å²) in [7, 11) is 1.84. The van der Waals surface area contributed by atoms with Crippen LogP contribution in [0.2, 0.25) is 0 Å². The van der Waals surface area contributed by atoms with Gasteiger partial charge < -0.3 is 94.7 Å². The zero-order valence-corrected chi connectivity index (χ0v) is 37.0. The molecule has 0 radical (unpaired) electrons. The molecule has 63 heavy (non-hydrogen) atoms. The second kappa shape index (κ2) is 32.0. The molecule has 24 heteroatoms. The molecule has 0 aromatic heterocycles. The summed E-state index contributed by atoms with van der Waals surface area (Å²) in [6.45, 7) is 5.54. The van der Waals surface area contributed by atoms with Crippen LogP contribution in [0.5, 0.6) is 0 Å². The molecule has 6 unspecified atom stereocenters. The van der Waals surface area contributed by atoms with Crippen molar-refractivity contribution < 1.29 is 88.1 Å². The lowest BCUT2D eigenvalue weighted by molar-refractivity contribution is -0.198. The van der Waals surface area contributed by atoms with Crippen molar-refractivity contribution in [3.63, 3.8) is 0 Å². The van der Waals surface area contributed by atoms with Crippen LogP contribution in [0.3, 0.4) is 0 Å². The van der Waals surface area contributed by atoms with Crippen LogP contribution < -0.4 is 21.3 Å². The molecule has 24 nitrogen and oxygen atoms in total. The smallest absolute Gasteiger partial charge is 0.242 e. The van der Waals surface area contributed by atoms with Crippen LogP contribution in [-0.2, 0) is 52.3 Å². The number of aliphatic hydroxyl groups excluding tert-OH is 7. The number of hydrogen-bond donors (Lipinski definition) is 11. The van der Waals surface area contributed by atoms with Crippen LogP contribution >= 0.6 is 0 Å². The van der Waals surface area contributed by atoms with Gasteiger partial charge in [-0.1, -0.05) is 0 Å². The van der Waals surface area contributed by atoms with Gasteiger partial charge in [0.05, 0.1) is 103 Å². The second-order valence-electron chi connectivity index (χ2n) is 15.2. The summed E-state index contributed by atoms with van der Waals surface area (Å²) in [6, 6.07) is -1.94. The molecule has 2 fully saturated rings. The van der Waals surface area contributed by atoms with Gasteiger partial charge >= 0.3 is 0 Å². The summed E-state index contributed by atoms with van der Waals surface area (Å²) >= 11 is 0. The van der Waals surface area contributed by atoms with Crippen molar-refractivity contribution in [1.82, 2.24) is 31.1 Å². The zero-order valence-electron chi connectivity index (χ0n) is 37.0. The Morgan fingerprint density at radius 3 is 1.44 bits per heavy atom. The molecule has 0 aliphatic carbocycles. The van der Waals surface area contributed by atoms with Crippen molar-refractivity contribution in [2.45, 2.75) is 101 Å². The maximum atomic E-state index is 13.7. The number of rotatable bonds is 33. The highest BCUT2D eigenvalue weighted by Crippen LogP contribution is 2.25. The molecule has 2 rings (SSSR count). The van der Waals surface area contributed by atoms with Gasteiger partial charge in [-0.05, 0) is 19.9 Å². The number of likely N-dealkylation sites (N-methyl/N-ethyl adjacent to an activating group) is 1. The third-order valence-electron chi connectivity index (χ3n) is 10.3. The molecule has 11 atom stereocenters. The van der Waals surface area contributed by atoms with Crippen LogP contribution in [0.25, 0.3) is 0 Å². The van der Waals surface area contributed by atoms with Crippen molar-refractivity contribution in [3.05, 3.63) is 0 Å². The Bertz CT molecular complexity index is 1300. The third kappa shape index (κ3) is 21.4. The van der Waals surface area contributed by atoms with E-state index in [4.69, 9.17) is 33.2 Å². The molecule has 368 valence electrons. The lowest BCUT2D eigenvalue weighted by Crippen LogP contribution is -2.64. The molecular weight excluding hydrogens is 840 g/mol. The van der Waals surface area contributed by atoms with Gasteiger partial charge in [0.1, 0.15) is 42.9 Å². The summed E-state index contributed by atoms with van der Waals surface area (Å²) in [5.41, 5.74) is 0. The lowest BCUT2D eigenvalue weighted by atomic mass is 9.91. The summed E-state index contributed by atoms with van der Waals surface area (Å²) in [4.78, 5) is 52.5. The van der Waals surface area contributed by atoms with Crippen LogP contribution in [0.15, 0.2) is 0 Å². The summed E-state index contributed by atoms with van der Waals surface area (Å²) in [6.07, 6.45) is -10.3. The van der Waals surface area contributed by atoms with Crippen LogP contribution in [-0.4, -0.2) is 262 Å². The molecule has 11 N–H and O–H groups in total. The highest BCUT2D eigenvalue weighted by molar-refractivity contribution is 5.84. The maximum Gasteiger partial charge on any atom is 0.242 e. The number of hydrogen-bond acceptors (Lipinski definition) is 20. The van der Waals surface area contributed by atoms with E-state index in [0.717, 1.165) is 6.54 Å². The summed E-state index contributed by atoms with van der Waals surface area (Å²) < 4.78 is 39.4. The lowest BCUT2D eigenvalue weighted by Gasteiger charge is -2.42. The fourth-order valence-corrected chi connectivity index (χ4v) is 6.88. The summed E-state index contributed by atoms with van der Waals surface area (Å²) in [5, 5.41) is 82.7. The quantitative estimate of drug-likeness (QED) is 0.0215. The Balaban J connectivity index is 1.95. The number of ether oxygens (including phenoxy) is 7. The first-order valence-corrected chi connectivity index (χ1v) is 21.4. The molecule has 0 aromatic rings. The molecule has 0 aromatic carbocycles. The van der Waals surface area contributed by atoms with Crippen molar-refractivity contribution in [3.8, 4) is 0 Å². The number of amides is 4. The largest absolute Gasteiger partial charge is 0.394 e. The van der Waals surface area contributed by atoms with E-state index in [-0.39, 0.29) is 78.6 Å². The van der Waals surface area contributed by atoms with E-state index >= 15 is 0 Å². The Morgan fingerprint density at radius 2 is 1.02 bits per heavy atom. The van der Waals surface area contributed by atoms with Gasteiger partial charge in [0.2, 0.25) is 23.6 Å². The van der Waals surface area contributed by atoms with Gasteiger partial charge in [-0.25, -0.2) is 0 Å². The minimum atomic E-state index is -1.43. The predicted molar refractivity (Wildman–Crippen MR) is 221 cm³/mol. The van der Waals surface area contributed by atoms with Crippen molar-refractivity contribution in [1.29, 1.82) is 0 Å². The number of aliphatic hydroxyl groups is 7. The second-order valence-corrected chi connectivity index (χ2v) is 15.2. The van der Waals surface area contributed by atoms with E-state index in [1.54, 1.807) is 0 Å². The van der Waals surface area contributed by atoms with Crippen molar-refractivity contribution in [2.75, 3.05) is 126 Å². The SMILES string of the molecule is CNCCOCCOCCOCCN[C@@H](O)CN(CCOCCC1OC(CO)[C@H](O)C(O)[C@H]1NC(C)=O)C(=O)CN(CCOCCC1OC(CO)C(O)[C@H](O)[C@H]1NC(C)=O)C(C)=O. The minimum absolute atomic E-state index is 0.00409. The van der Waals surface area contributed by atoms with E-state index in [9.17, 15) is 54.9 Å². The maximum absolute atomic E-state index is 13.7. The normalized spacial score (nSPS) is 26.5. The first-order chi connectivity index (χ1) is 30.1. The molecule has 0 spiro atoms. The fraction of sp³-hybridized carbons (Fsp3) is 0.897. The van der Waals surface area contributed by atoms with Crippen LogP contribution in [0, 0.1) is 0 Å². The van der Waals surface area contributed by atoms with Gasteiger partial charge in [-0.3, -0.25) is 24.5 Å². The van der Waals surface area contributed by atoms with Gasteiger partial charge in [0.25, 0.3) is 0 Å². The molecule has 2 aliphatic heterocycles. The average molecular weight is 915 g/mol. The Labute approximate surface area is 368 Å². The van der Waals surface area contributed by atoms with Gasteiger partial charge in [0.15, 0.2) is 0 Å². The van der Waals surface area contributed by atoms with Crippen molar-refractivity contribution in [2.24, 2.45) is 0 Å². The molecule has 0 bridgehead atoms. The van der Waals surface area contributed by atoms with E-state index in [0.29, 0.717) is 33.0 Å². The molecule has 0 saturated carbocycles. The number of nitrogens with zero attached hydrogens (tertiary/aromatic N) is 2. The van der Waals surface area contributed by atoms with Gasteiger partial charge in [-0.2, -0.15) is 0 Å². The highest BCUT2D eigenvalue weighted by atomic mass is 16.6. The third-order valence-corrected chi connectivity index (χ3v) is 10.3. The molecular formula is C39H74N6O18. The topological polar surface area (TPSA) is 329 Å². The number of carbonyl (C=O) groups is 4. The minimum Gasteiger partial charge on any atom is -0.394 e. The van der Waals surface area contributed by atoms with Gasteiger partial charge in [0, 0.05) is 60.2 Å². The highest BCUT2D eigenvalue weighted by Gasteiger charge is 2.45. The van der Waals surface area contributed by atoms with E-state index in [2.05, 4.69) is 21.3 Å². The fourth-order valence-electron chi connectivity index (χ4n) is 6.88. The van der Waals surface area contributed by atoms with Crippen LogP contribution in [0.1, 0.15) is 33.6 Å². The number of carbonyl (C=O) groups excluding carboxylic acids is 4. The zero-order chi connectivity index (χ0) is 46.7. The Morgan fingerprint density at radius 1 is 0.587 bits per heavy atom. The van der Waals surface area contributed by atoms with Crippen LogP contribution in [0.4, 0.5) is 0 Å². The average Bonchev–Trinajstić information content (AvgIpc) is 3.24.